The average molecular weight is 640 g/mol. The van der Waals surface area contributed by atoms with Crippen LogP contribution in [0.5, 0.6) is 0 Å². The minimum atomic E-state index is -0.954. The number of anilines is 1. The SMILES string of the molecule is Cc1ccccc1-c1ccc2c(c1)C(=O)N([C@H](C)c1ccc(Cl)cc1)[C@@H](c1ccc(Cl)cc1)C(=O)N2CCCCC(=O)O.[NaH]. The van der Waals surface area contributed by atoms with E-state index in [-0.39, 0.29) is 54.3 Å². The molecular weight excluding hydrogens is 606 g/mol. The summed E-state index contributed by atoms with van der Waals surface area (Å²) in [4.78, 5) is 43.9. The molecule has 1 heterocycles. The van der Waals surface area contributed by atoms with E-state index >= 15 is 0 Å². The first kappa shape index (κ1) is 33.8. The summed E-state index contributed by atoms with van der Waals surface area (Å²) in [5.41, 5.74) is 5.30. The van der Waals surface area contributed by atoms with E-state index in [1.165, 1.54) is 0 Å². The van der Waals surface area contributed by atoms with Crippen LogP contribution in [0, 0.1) is 6.92 Å². The van der Waals surface area contributed by atoms with Gasteiger partial charge in [-0.05, 0) is 90.9 Å². The van der Waals surface area contributed by atoms with Crippen LogP contribution >= 0.6 is 23.2 Å². The number of carboxylic acids is 1. The molecule has 0 fully saturated rings. The van der Waals surface area contributed by atoms with Crippen molar-refractivity contribution in [1.29, 1.82) is 0 Å². The Kier molecular flexibility index (Phi) is 11.3. The maximum absolute atomic E-state index is 14.8. The van der Waals surface area contributed by atoms with Crippen LogP contribution in [0.2, 0.25) is 10.0 Å². The van der Waals surface area contributed by atoms with Crippen molar-refractivity contribution in [2.24, 2.45) is 0 Å². The molecule has 5 rings (SSSR count). The third kappa shape index (κ3) is 7.22. The second-order valence-corrected chi connectivity index (χ2v) is 11.7. The fraction of sp³-hybridized carbons (Fsp3) is 0.229. The van der Waals surface area contributed by atoms with Crippen LogP contribution in [0.25, 0.3) is 11.1 Å². The van der Waals surface area contributed by atoms with Crippen molar-refractivity contribution in [3.05, 3.63) is 123 Å². The molecular formula is C35H33Cl2N2NaO4. The molecule has 4 aromatic carbocycles. The molecule has 222 valence electrons. The summed E-state index contributed by atoms with van der Waals surface area (Å²) in [7, 11) is 0. The number of halogens is 2. The minimum absolute atomic E-state index is 0. The molecule has 0 spiro atoms. The fourth-order valence-corrected chi connectivity index (χ4v) is 5.93. The van der Waals surface area contributed by atoms with Crippen molar-refractivity contribution in [3.63, 3.8) is 0 Å². The monoisotopic (exact) mass is 638 g/mol. The fourth-order valence-electron chi connectivity index (χ4n) is 5.68. The quantitative estimate of drug-likeness (QED) is 0.149. The zero-order valence-electron chi connectivity index (χ0n) is 24.0. The van der Waals surface area contributed by atoms with Crippen molar-refractivity contribution in [2.75, 3.05) is 11.4 Å². The maximum atomic E-state index is 14.8. The Morgan fingerprint density at radius 3 is 2.14 bits per heavy atom. The van der Waals surface area contributed by atoms with Gasteiger partial charge in [-0.15, -0.1) is 0 Å². The Balaban J connectivity index is 0.00000442. The summed E-state index contributed by atoms with van der Waals surface area (Å²) in [5, 5.41) is 10.3. The molecule has 1 aliphatic heterocycles. The van der Waals surface area contributed by atoms with E-state index in [0.29, 0.717) is 39.7 Å². The molecule has 0 saturated carbocycles. The molecule has 0 bridgehead atoms. The summed E-state index contributed by atoms with van der Waals surface area (Å²) in [6.07, 6.45) is 0.867. The first-order valence-corrected chi connectivity index (χ1v) is 15.0. The van der Waals surface area contributed by atoms with Gasteiger partial charge in [-0.2, -0.15) is 0 Å². The number of fused-ring (bicyclic) bond motifs is 1. The van der Waals surface area contributed by atoms with E-state index < -0.39 is 18.1 Å². The van der Waals surface area contributed by atoms with Crippen molar-refractivity contribution in [3.8, 4) is 11.1 Å². The topological polar surface area (TPSA) is 77.9 Å². The van der Waals surface area contributed by atoms with Gasteiger partial charge in [0.1, 0.15) is 6.04 Å². The zero-order chi connectivity index (χ0) is 30.7. The molecule has 1 aliphatic rings. The Hall–Kier alpha value is -3.13. The van der Waals surface area contributed by atoms with Gasteiger partial charge in [-0.25, -0.2) is 0 Å². The van der Waals surface area contributed by atoms with E-state index in [9.17, 15) is 19.5 Å². The number of aliphatic carboxylic acids is 1. The number of carbonyl (C=O) groups is 3. The van der Waals surface area contributed by atoms with Crippen LogP contribution in [-0.2, 0) is 9.59 Å². The summed E-state index contributed by atoms with van der Waals surface area (Å²) < 4.78 is 0. The number of rotatable bonds is 9. The second kappa shape index (κ2) is 14.8. The predicted octanol–water partition coefficient (Wildman–Crippen LogP) is 7.87. The van der Waals surface area contributed by atoms with Crippen LogP contribution < -0.4 is 4.90 Å². The number of unbranched alkanes of at least 4 members (excludes halogenated alkanes) is 1. The molecule has 1 N–H and O–H groups in total. The second-order valence-electron chi connectivity index (χ2n) is 10.8. The molecule has 2 atom stereocenters. The van der Waals surface area contributed by atoms with Crippen LogP contribution in [0.1, 0.15) is 65.3 Å². The van der Waals surface area contributed by atoms with E-state index in [4.69, 9.17) is 23.2 Å². The first-order chi connectivity index (χ1) is 20.7. The Morgan fingerprint density at radius 2 is 1.50 bits per heavy atom. The molecule has 0 saturated heterocycles. The van der Waals surface area contributed by atoms with Gasteiger partial charge in [0.15, 0.2) is 0 Å². The Labute approximate surface area is 289 Å². The van der Waals surface area contributed by atoms with Crippen LogP contribution in [-0.4, -0.2) is 63.9 Å². The van der Waals surface area contributed by atoms with Gasteiger partial charge in [0, 0.05) is 23.0 Å². The summed E-state index contributed by atoms with van der Waals surface area (Å²) in [6.45, 7) is 4.20. The molecule has 6 nitrogen and oxygen atoms in total. The molecule has 4 aromatic rings. The van der Waals surface area contributed by atoms with E-state index in [1.807, 2.05) is 68.4 Å². The predicted molar refractivity (Wildman–Crippen MR) is 178 cm³/mol. The molecule has 0 aromatic heterocycles. The van der Waals surface area contributed by atoms with Gasteiger partial charge < -0.3 is 14.9 Å². The molecule has 2 amide bonds. The third-order valence-electron chi connectivity index (χ3n) is 7.96. The molecule has 0 aliphatic carbocycles. The normalized spacial score (nSPS) is 15.3. The number of aryl methyl sites for hydroxylation is 1. The molecule has 0 unspecified atom stereocenters. The zero-order valence-corrected chi connectivity index (χ0v) is 25.5. The van der Waals surface area contributed by atoms with Crippen LogP contribution in [0.15, 0.2) is 91.0 Å². The number of amides is 2. The third-order valence-corrected chi connectivity index (χ3v) is 8.47. The van der Waals surface area contributed by atoms with Gasteiger partial charge in [-0.3, -0.25) is 14.4 Å². The number of benzene rings is 4. The summed E-state index contributed by atoms with van der Waals surface area (Å²) >= 11 is 12.4. The van der Waals surface area contributed by atoms with Crippen molar-refractivity contribution in [1.82, 2.24) is 4.90 Å². The number of nitrogens with zero attached hydrogens (tertiary/aromatic N) is 2. The Morgan fingerprint density at radius 1 is 0.864 bits per heavy atom. The first-order valence-electron chi connectivity index (χ1n) is 14.2. The van der Waals surface area contributed by atoms with E-state index in [0.717, 1.165) is 22.3 Å². The van der Waals surface area contributed by atoms with Crippen LogP contribution in [0.4, 0.5) is 5.69 Å². The average Bonchev–Trinajstić information content (AvgIpc) is 3.08. The van der Waals surface area contributed by atoms with Crippen molar-refractivity contribution >= 4 is 76.2 Å². The molecule has 44 heavy (non-hydrogen) atoms. The van der Waals surface area contributed by atoms with Crippen molar-refractivity contribution in [2.45, 2.75) is 45.2 Å². The van der Waals surface area contributed by atoms with Gasteiger partial charge in [0.2, 0.25) is 0 Å². The summed E-state index contributed by atoms with van der Waals surface area (Å²) in [6, 6.07) is 26.4. The molecule has 9 heteroatoms. The van der Waals surface area contributed by atoms with Gasteiger partial charge in [0.25, 0.3) is 11.8 Å². The van der Waals surface area contributed by atoms with E-state index in [1.54, 1.807) is 46.2 Å². The van der Waals surface area contributed by atoms with E-state index in [2.05, 4.69) is 0 Å². The van der Waals surface area contributed by atoms with Crippen LogP contribution in [0.3, 0.4) is 0 Å². The number of carbonyl (C=O) groups excluding carboxylic acids is 2. The van der Waals surface area contributed by atoms with Gasteiger partial charge >= 0.3 is 35.5 Å². The standard InChI is InChI=1S/C35H32Cl2N2O4.Na.H/c1-22-7-3-4-8-29(22)26-14-19-31-30(21-26)34(42)39(23(2)24-10-15-27(36)16-11-24)33(25-12-17-28(37)18-13-25)35(43)38(31)20-6-5-9-32(40)41;;/h3-4,7-8,10-19,21,23,33H,5-6,9,20H2,1-2H3,(H,40,41);;/t23-,33+;;/m1../s1. The number of carboxylic acid groups (broad SMARTS) is 1. The number of hydrogen-bond donors (Lipinski definition) is 1. The van der Waals surface area contributed by atoms with Gasteiger partial charge in [-0.1, -0.05) is 77.8 Å². The van der Waals surface area contributed by atoms with Crippen molar-refractivity contribution < 1.29 is 19.5 Å². The molecule has 0 radical (unpaired) electrons. The summed E-state index contributed by atoms with van der Waals surface area (Å²) in [5.74, 6) is -1.44. The Bertz CT molecular complexity index is 1660. The van der Waals surface area contributed by atoms with Gasteiger partial charge in [0.05, 0.1) is 17.3 Å². The number of hydrogen-bond acceptors (Lipinski definition) is 3.